The Balaban J connectivity index is 2.23. The molecule has 1 aliphatic rings. The first-order valence-corrected chi connectivity index (χ1v) is 7.65. The molecule has 4 heteroatoms. The fourth-order valence-corrected chi connectivity index (χ4v) is 3.11. The Labute approximate surface area is 127 Å². The van der Waals surface area contributed by atoms with Crippen molar-refractivity contribution in [2.45, 2.75) is 39.2 Å². The van der Waals surface area contributed by atoms with Crippen molar-refractivity contribution in [1.29, 1.82) is 0 Å². The van der Waals surface area contributed by atoms with Crippen LogP contribution in [0, 0.1) is 11.8 Å². The van der Waals surface area contributed by atoms with Crippen LogP contribution in [-0.2, 0) is 0 Å². The smallest absolute Gasteiger partial charge is 0.203 e. The van der Waals surface area contributed by atoms with Crippen LogP contribution >= 0.6 is 0 Å². The lowest BCUT2D eigenvalue weighted by molar-refractivity contribution is 0.280. The second-order valence-electron chi connectivity index (χ2n) is 6.06. The van der Waals surface area contributed by atoms with E-state index in [1.165, 1.54) is 19.3 Å². The molecule has 0 amide bonds. The minimum Gasteiger partial charge on any atom is -0.493 e. The van der Waals surface area contributed by atoms with E-state index in [-0.39, 0.29) is 0 Å². The van der Waals surface area contributed by atoms with Gasteiger partial charge in [-0.3, -0.25) is 0 Å². The number of benzene rings is 1. The molecule has 21 heavy (non-hydrogen) atoms. The molecule has 3 atom stereocenters. The van der Waals surface area contributed by atoms with E-state index in [4.69, 9.17) is 14.2 Å². The van der Waals surface area contributed by atoms with Crippen molar-refractivity contribution in [1.82, 2.24) is 0 Å². The molecule has 2 rings (SSSR count). The molecule has 118 valence electrons. The van der Waals surface area contributed by atoms with Gasteiger partial charge >= 0.3 is 0 Å². The van der Waals surface area contributed by atoms with Gasteiger partial charge in [-0.2, -0.15) is 0 Å². The van der Waals surface area contributed by atoms with E-state index in [1.54, 1.807) is 21.3 Å². The lowest BCUT2D eigenvalue weighted by Crippen LogP contribution is -2.33. The van der Waals surface area contributed by atoms with E-state index in [9.17, 15) is 0 Å². The molecule has 1 aromatic carbocycles. The van der Waals surface area contributed by atoms with Gasteiger partial charge in [0.05, 0.1) is 21.3 Å². The van der Waals surface area contributed by atoms with Crippen LogP contribution in [0.25, 0.3) is 0 Å². The Morgan fingerprint density at radius 1 is 0.952 bits per heavy atom. The molecule has 1 aromatic rings. The topological polar surface area (TPSA) is 39.7 Å². The first-order valence-electron chi connectivity index (χ1n) is 7.65. The zero-order chi connectivity index (χ0) is 15.4. The standard InChI is InChI=1S/C17H27NO3/c1-11-6-7-12(2)14(8-11)18-13-9-15(19-3)17(21-5)16(10-13)20-4/h9-12,14,18H,6-8H2,1-5H3. The number of rotatable bonds is 5. The minimum absolute atomic E-state index is 0.497. The van der Waals surface area contributed by atoms with Gasteiger partial charge in [0.1, 0.15) is 0 Å². The number of anilines is 1. The molecular formula is C17H27NO3. The van der Waals surface area contributed by atoms with E-state index >= 15 is 0 Å². The number of hydrogen-bond acceptors (Lipinski definition) is 4. The second kappa shape index (κ2) is 6.92. The number of ether oxygens (including phenoxy) is 3. The highest BCUT2D eigenvalue weighted by molar-refractivity contribution is 5.62. The van der Waals surface area contributed by atoms with Gasteiger partial charge < -0.3 is 19.5 Å². The lowest BCUT2D eigenvalue weighted by atomic mass is 9.80. The Hall–Kier alpha value is -1.58. The predicted octanol–water partition coefficient (Wildman–Crippen LogP) is 3.95. The molecule has 4 nitrogen and oxygen atoms in total. The molecule has 1 N–H and O–H groups in total. The van der Waals surface area contributed by atoms with Crippen molar-refractivity contribution in [2.75, 3.05) is 26.6 Å². The van der Waals surface area contributed by atoms with Crippen molar-refractivity contribution < 1.29 is 14.2 Å². The van der Waals surface area contributed by atoms with Gasteiger partial charge in [-0.1, -0.05) is 20.3 Å². The van der Waals surface area contributed by atoms with Gasteiger partial charge in [-0.15, -0.1) is 0 Å². The molecule has 1 fully saturated rings. The molecule has 1 saturated carbocycles. The van der Waals surface area contributed by atoms with Gasteiger partial charge in [-0.25, -0.2) is 0 Å². The maximum Gasteiger partial charge on any atom is 0.203 e. The fourth-order valence-electron chi connectivity index (χ4n) is 3.11. The van der Waals surface area contributed by atoms with Crippen LogP contribution in [0.15, 0.2) is 12.1 Å². The van der Waals surface area contributed by atoms with Crippen molar-refractivity contribution >= 4 is 5.69 Å². The molecule has 0 radical (unpaired) electrons. The Kier molecular flexibility index (Phi) is 5.21. The van der Waals surface area contributed by atoms with Crippen LogP contribution in [0.4, 0.5) is 5.69 Å². The lowest BCUT2D eigenvalue weighted by Gasteiger charge is -2.34. The number of hydrogen-bond donors (Lipinski definition) is 1. The summed E-state index contributed by atoms with van der Waals surface area (Å²) in [7, 11) is 4.91. The van der Waals surface area contributed by atoms with E-state index in [2.05, 4.69) is 19.2 Å². The summed E-state index contributed by atoms with van der Waals surface area (Å²) in [6.45, 7) is 4.65. The van der Waals surface area contributed by atoms with Gasteiger partial charge in [0.25, 0.3) is 0 Å². The average molecular weight is 293 g/mol. The molecule has 0 bridgehead atoms. The van der Waals surface area contributed by atoms with Crippen LogP contribution in [-0.4, -0.2) is 27.4 Å². The summed E-state index contributed by atoms with van der Waals surface area (Å²) in [4.78, 5) is 0. The quantitative estimate of drug-likeness (QED) is 0.892. The largest absolute Gasteiger partial charge is 0.493 e. The molecule has 0 spiro atoms. The maximum atomic E-state index is 5.41. The molecule has 1 aliphatic carbocycles. The van der Waals surface area contributed by atoms with Crippen molar-refractivity contribution in [2.24, 2.45) is 11.8 Å². The van der Waals surface area contributed by atoms with Gasteiger partial charge in [0, 0.05) is 23.9 Å². The highest BCUT2D eigenvalue weighted by atomic mass is 16.5. The summed E-state index contributed by atoms with van der Waals surface area (Å²) in [6, 6.07) is 4.46. The highest BCUT2D eigenvalue weighted by Crippen LogP contribution is 2.41. The van der Waals surface area contributed by atoms with Gasteiger partial charge in [0.15, 0.2) is 11.5 Å². The summed E-state index contributed by atoms with van der Waals surface area (Å²) in [5, 5.41) is 3.65. The Bertz CT molecular complexity index is 450. The zero-order valence-electron chi connectivity index (χ0n) is 13.7. The van der Waals surface area contributed by atoms with Crippen LogP contribution in [0.1, 0.15) is 33.1 Å². The highest BCUT2D eigenvalue weighted by Gasteiger charge is 2.26. The van der Waals surface area contributed by atoms with Crippen molar-refractivity contribution in [3.8, 4) is 17.2 Å². The summed E-state index contributed by atoms with van der Waals surface area (Å²) >= 11 is 0. The molecule has 3 unspecified atom stereocenters. The SMILES string of the molecule is COc1cc(NC2CC(C)CCC2C)cc(OC)c1OC. The maximum absolute atomic E-state index is 5.41. The normalized spacial score (nSPS) is 25.3. The van der Waals surface area contributed by atoms with E-state index in [1.807, 2.05) is 12.1 Å². The van der Waals surface area contributed by atoms with E-state index < -0.39 is 0 Å². The average Bonchev–Trinajstić information content (AvgIpc) is 2.49. The third kappa shape index (κ3) is 3.55. The fraction of sp³-hybridized carbons (Fsp3) is 0.647. The molecule has 0 saturated heterocycles. The van der Waals surface area contributed by atoms with Crippen LogP contribution < -0.4 is 19.5 Å². The monoisotopic (exact) mass is 293 g/mol. The molecule has 0 aromatic heterocycles. The van der Waals surface area contributed by atoms with Crippen LogP contribution in [0.3, 0.4) is 0 Å². The van der Waals surface area contributed by atoms with Crippen molar-refractivity contribution in [3.05, 3.63) is 12.1 Å². The van der Waals surface area contributed by atoms with Gasteiger partial charge in [-0.05, 0) is 24.7 Å². The molecule has 0 heterocycles. The summed E-state index contributed by atoms with van der Waals surface area (Å²) in [5.74, 6) is 3.48. The summed E-state index contributed by atoms with van der Waals surface area (Å²) in [5.41, 5.74) is 1.02. The zero-order valence-corrected chi connectivity index (χ0v) is 13.7. The number of nitrogens with one attached hydrogen (secondary N) is 1. The molecule has 0 aliphatic heterocycles. The van der Waals surface area contributed by atoms with Crippen molar-refractivity contribution in [3.63, 3.8) is 0 Å². The number of methoxy groups -OCH3 is 3. The van der Waals surface area contributed by atoms with Gasteiger partial charge in [0.2, 0.25) is 5.75 Å². The molecular weight excluding hydrogens is 266 g/mol. The van der Waals surface area contributed by atoms with Crippen LogP contribution in [0.2, 0.25) is 0 Å². The third-order valence-corrected chi connectivity index (χ3v) is 4.47. The summed E-state index contributed by atoms with van der Waals surface area (Å²) in [6.07, 6.45) is 3.82. The first-order chi connectivity index (χ1) is 10.1. The van der Waals surface area contributed by atoms with Crippen LogP contribution in [0.5, 0.6) is 17.2 Å². The predicted molar refractivity (Wildman–Crippen MR) is 85.7 cm³/mol. The minimum atomic E-state index is 0.497. The third-order valence-electron chi connectivity index (χ3n) is 4.47. The van der Waals surface area contributed by atoms with E-state index in [0.29, 0.717) is 29.2 Å². The van der Waals surface area contributed by atoms with E-state index in [0.717, 1.165) is 11.6 Å². The Morgan fingerprint density at radius 3 is 2.10 bits per heavy atom. The Morgan fingerprint density at radius 2 is 1.57 bits per heavy atom. The second-order valence-corrected chi connectivity index (χ2v) is 6.06. The first kappa shape index (κ1) is 15.8. The summed E-state index contributed by atoms with van der Waals surface area (Å²) < 4.78 is 16.2.